The van der Waals surface area contributed by atoms with Crippen molar-refractivity contribution in [1.82, 2.24) is 5.48 Å². The van der Waals surface area contributed by atoms with E-state index >= 15 is 4.39 Å². The van der Waals surface area contributed by atoms with E-state index in [-0.39, 0.29) is 16.0 Å². The van der Waals surface area contributed by atoms with Crippen molar-refractivity contribution >= 4 is 15.6 Å². The zero-order valence-corrected chi connectivity index (χ0v) is 12.2. The summed E-state index contributed by atoms with van der Waals surface area (Å²) in [6.45, 7) is 0. The number of hydrogen-bond donors (Lipinski definition) is 2. The van der Waals surface area contributed by atoms with Gasteiger partial charge in [-0.1, -0.05) is 48.5 Å². The predicted octanol–water partition coefficient (Wildman–Crippen LogP) is 2.03. The monoisotopic (exact) mass is 320 g/mol. The first-order chi connectivity index (χ1) is 10.4. The molecule has 0 aromatic heterocycles. The number of sulfonamides is 1. The van der Waals surface area contributed by atoms with Crippen LogP contribution in [0.25, 0.3) is 5.57 Å². The second-order valence-corrected chi connectivity index (χ2v) is 6.35. The lowest BCUT2D eigenvalue weighted by Gasteiger charge is -2.23. The van der Waals surface area contributed by atoms with Gasteiger partial charge >= 0.3 is 0 Å². The van der Waals surface area contributed by atoms with Gasteiger partial charge in [-0.05, 0) is 6.07 Å². The van der Waals surface area contributed by atoms with Crippen molar-refractivity contribution in [2.24, 2.45) is 5.14 Å². The van der Waals surface area contributed by atoms with Crippen molar-refractivity contribution in [1.29, 1.82) is 0 Å². The Hall–Kier alpha value is -2.22. The highest BCUT2D eigenvalue weighted by molar-refractivity contribution is 7.89. The molecule has 1 aliphatic heterocycles. The number of benzene rings is 2. The molecule has 1 heterocycles. The normalized spacial score (nSPS) is 21.3. The first-order valence-electron chi connectivity index (χ1n) is 6.43. The Morgan fingerprint density at radius 2 is 1.68 bits per heavy atom. The van der Waals surface area contributed by atoms with E-state index in [0.29, 0.717) is 5.56 Å². The van der Waals surface area contributed by atoms with Gasteiger partial charge in [0.25, 0.3) is 0 Å². The lowest BCUT2D eigenvalue weighted by atomic mass is 9.92. The van der Waals surface area contributed by atoms with E-state index in [1.807, 2.05) is 0 Å². The maximum absolute atomic E-state index is 15.4. The standard InChI is InChI=1S/C15H13FN2O3S/c16-15(11-6-2-1-3-7-11)13(10-21-18-15)12-8-4-5-9-14(12)22(17,19)20/h1-10,18H,(H2,17,19,20). The molecule has 7 heteroatoms. The van der Waals surface area contributed by atoms with Gasteiger partial charge in [-0.25, -0.2) is 17.9 Å². The maximum Gasteiger partial charge on any atom is 0.246 e. The fourth-order valence-electron chi connectivity index (χ4n) is 2.37. The van der Waals surface area contributed by atoms with Crippen LogP contribution < -0.4 is 10.6 Å². The number of halogens is 1. The van der Waals surface area contributed by atoms with Crippen LogP contribution in [0.2, 0.25) is 0 Å². The highest BCUT2D eigenvalue weighted by atomic mass is 32.2. The zero-order valence-electron chi connectivity index (χ0n) is 11.4. The summed E-state index contributed by atoms with van der Waals surface area (Å²) in [5.41, 5.74) is 2.77. The first-order valence-corrected chi connectivity index (χ1v) is 7.97. The molecule has 3 N–H and O–H groups in total. The molecule has 0 radical (unpaired) electrons. The summed E-state index contributed by atoms with van der Waals surface area (Å²) >= 11 is 0. The number of rotatable bonds is 3. The summed E-state index contributed by atoms with van der Waals surface area (Å²) in [5, 5.41) is 5.21. The molecule has 0 saturated carbocycles. The van der Waals surface area contributed by atoms with Crippen molar-refractivity contribution in [2.75, 3.05) is 0 Å². The van der Waals surface area contributed by atoms with Gasteiger partial charge in [-0.2, -0.15) is 0 Å². The van der Waals surface area contributed by atoms with Gasteiger partial charge in [0.2, 0.25) is 15.8 Å². The SMILES string of the molecule is NS(=O)(=O)c1ccccc1C1=CONC1(F)c1ccccc1. The molecule has 2 aromatic carbocycles. The Morgan fingerprint density at radius 1 is 1.05 bits per heavy atom. The van der Waals surface area contributed by atoms with Gasteiger partial charge in [0.05, 0.1) is 10.5 Å². The Morgan fingerprint density at radius 3 is 2.36 bits per heavy atom. The minimum Gasteiger partial charge on any atom is -0.412 e. The molecule has 0 fully saturated rings. The van der Waals surface area contributed by atoms with Gasteiger partial charge < -0.3 is 4.84 Å². The summed E-state index contributed by atoms with van der Waals surface area (Å²) in [6.07, 6.45) is 1.15. The summed E-state index contributed by atoms with van der Waals surface area (Å²) < 4.78 is 38.9. The van der Waals surface area contributed by atoms with Crippen LogP contribution in [0.3, 0.4) is 0 Å². The van der Waals surface area contributed by atoms with Gasteiger partial charge in [0.15, 0.2) is 0 Å². The van der Waals surface area contributed by atoms with Gasteiger partial charge in [0.1, 0.15) is 6.26 Å². The third kappa shape index (κ3) is 2.39. The summed E-state index contributed by atoms with van der Waals surface area (Å²) in [4.78, 5) is 4.77. The third-order valence-corrected chi connectivity index (χ3v) is 4.37. The Bertz CT molecular complexity index is 837. The third-order valence-electron chi connectivity index (χ3n) is 3.40. The number of alkyl halides is 1. The molecule has 0 saturated heterocycles. The van der Waals surface area contributed by atoms with E-state index in [4.69, 9.17) is 9.98 Å². The summed E-state index contributed by atoms with van der Waals surface area (Å²) in [6, 6.07) is 14.2. The first kappa shape index (κ1) is 14.7. The Kier molecular flexibility index (Phi) is 3.48. The molecule has 2 aromatic rings. The van der Waals surface area contributed by atoms with Crippen LogP contribution in [0, 0.1) is 0 Å². The van der Waals surface area contributed by atoms with Crippen LogP contribution in [0.4, 0.5) is 4.39 Å². The lowest BCUT2D eigenvalue weighted by molar-refractivity contribution is 0.0256. The van der Waals surface area contributed by atoms with Crippen LogP contribution in [0.5, 0.6) is 0 Å². The van der Waals surface area contributed by atoms with Crippen LogP contribution >= 0.6 is 0 Å². The fraction of sp³-hybridized carbons (Fsp3) is 0.0667. The Balaban J connectivity index is 2.17. The summed E-state index contributed by atoms with van der Waals surface area (Å²) in [5.74, 6) is -2.16. The minimum absolute atomic E-state index is 0.0447. The smallest absolute Gasteiger partial charge is 0.246 e. The average Bonchev–Trinajstić information content (AvgIpc) is 2.90. The molecule has 22 heavy (non-hydrogen) atoms. The number of nitrogens with one attached hydrogen (secondary N) is 1. The molecular formula is C15H13FN2O3S. The molecule has 0 spiro atoms. The summed E-state index contributed by atoms with van der Waals surface area (Å²) in [7, 11) is -3.99. The molecule has 1 atom stereocenters. The van der Waals surface area contributed by atoms with Gasteiger partial charge in [0, 0.05) is 11.1 Å². The number of hydroxylamine groups is 1. The van der Waals surface area contributed by atoms with E-state index < -0.39 is 15.8 Å². The number of nitrogens with two attached hydrogens (primary N) is 1. The molecule has 114 valence electrons. The van der Waals surface area contributed by atoms with Crippen LogP contribution in [-0.4, -0.2) is 8.42 Å². The topological polar surface area (TPSA) is 81.4 Å². The van der Waals surface area contributed by atoms with Crippen LogP contribution in [-0.2, 0) is 20.7 Å². The molecule has 0 aliphatic carbocycles. The molecule has 0 bridgehead atoms. The maximum atomic E-state index is 15.4. The minimum atomic E-state index is -3.99. The van der Waals surface area contributed by atoms with Crippen molar-refractivity contribution in [3.8, 4) is 0 Å². The van der Waals surface area contributed by atoms with E-state index in [2.05, 4.69) is 5.48 Å². The lowest BCUT2D eigenvalue weighted by Crippen LogP contribution is -2.34. The molecule has 0 amide bonds. The molecule has 5 nitrogen and oxygen atoms in total. The van der Waals surface area contributed by atoms with Gasteiger partial charge in [-0.3, -0.25) is 0 Å². The van der Waals surface area contributed by atoms with Crippen molar-refractivity contribution in [3.63, 3.8) is 0 Å². The largest absolute Gasteiger partial charge is 0.412 e. The molecular weight excluding hydrogens is 307 g/mol. The fourth-order valence-corrected chi connectivity index (χ4v) is 3.13. The van der Waals surface area contributed by atoms with Crippen LogP contribution in [0.1, 0.15) is 11.1 Å². The highest BCUT2D eigenvalue weighted by Crippen LogP contribution is 2.42. The second-order valence-electron chi connectivity index (χ2n) is 4.82. The molecule has 1 unspecified atom stereocenters. The number of hydrogen-bond acceptors (Lipinski definition) is 4. The predicted molar refractivity (Wildman–Crippen MR) is 79.2 cm³/mol. The van der Waals surface area contributed by atoms with Gasteiger partial charge in [-0.15, -0.1) is 5.48 Å². The Labute approximate surface area is 127 Å². The highest BCUT2D eigenvalue weighted by Gasteiger charge is 2.43. The van der Waals surface area contributed by atoms with Crippen LogP contribution in [0.15, 0.2) is 65.8 Å². The second kappa shape index (κ2) is 5.20. The average molecular weight is 320 g/mol. The number of primary sulfonamides is 1. The zero-order chi connectivity index (χ0) is 15.8. The van der Waals surface area contributed by atoms with E-state index in [0.717, 1.165) is 6.26 Å². The quantitative estimate of drug-likeness (QED) is 0.848. The van der Waals surface area contributed by atoms with Crippen molar-refractivity contribution in [3.05, 3.63) is 72.0 Å². The van der Waals surface area contributed by atoms with E-state index in [1.54, 1.807) is 36.4 Å². The molecule has 1 aliphatic rings. The van der Waals surface area contributed by atoms with Crippen molar-refractivity contribution in [2.45, 2.75) is 10.7 Å². The molecule has 3 rings (SSSR count). The van der Waals surface area contributed by atoms with E-state index in [9.17, 15) is 8.42 Å². The van der Waals surface area contributed by atoms with E-state index in [1.165, 1.54) is 18.2 Å². The van der Waals surface area contributed by atoms with Crippen molar-refractivity contribution < 1.29 is 17.6 Å².